The number of carbonyl (C=O) groups is 1. The molecule has 20 heavy (non-hydrogen) atoms. The summed E-state index contributed by atoms with van der Waals surface area (Å²) in [6.07, 6.45) is 2.43. The van der Waals surface area contributed by atoms with Gasteiger partial charge in [0.1, 0.15) is 0 Å². The Morgan fingerprint density at radius 2 is 2.20 bits per heavy atom. The van der Waals surface area contributed by atoms with Crippen molar-refractivity contribution in [1.29, 1.82) is 0 Å². The molecule has 1 aliphatic heterocycles. The molecule has 0 fully saturated rings. The van der Waals surface area contributed by atoms with Crippen molar-refractivity contribution in [3.05, 3.63) is 35.4 Å². The van der Waals surface area contributed by atoms with E-state index in [4.69, 9.17) is 0 Å². The first kappa shape index (κ1) is 15.0. The van der Waals surface area contributed by atoms with Crippen molar-refractivity contribution in [2.45, 2.75) is 32.3 Å². The van der Waals surface area contributed by atoms with Crippen LogP contribution in [0.5, 0.6) is 0 Å². The molecule has 1 aromatic carbocycles. The van der Waals surface area contributed by atoms with Crippen molar-refractivity contribution >= 4 is 5.91 Å². The van der Waals surface area contributed by atoms with Crippen LogP contribution in [0.15, 0.2) is 24.3 Å². The fourth-order valence-corrected chi connectivity index (χ4v) is 2.62. The van der Waals surface area contributed by atoms with Crippen LogP contribution in [0.3, 0.4) is 0 Å². The topological polar surface area (TPSA) is 52.6 Å². The Hall–Kier alpha value is -1.39. The normalized spacial score (nSPS) is 16.7. The summed E-state index contributed by atoms with van der Waals surface area (Å²) in [6, 6.07) is 7.79. The molecule has 2 rings (SSSR count). The van der Waals surface area contributed by atoms with Crippen LogP contribution >= 0.6 is 0 Å². The number of hydrogen-bond donors (Lipinski definition) is 2. The zero-order valence-corrected chi connectivity index (χ0v) is 12.1. The van der Waals surface area contributed by atoms with E-state index < -0.39 is 6.10 Å². The van der Waals surface area contributed by atoms with Gasteiger partial charge in [-0.05, 0) is 37.4 Å². The van der Waals surface area contributed by atoms with Crippen molar-refractivity contribution in [2.24, 2.45) is 0 Å². The number of nitrogens with one attached hydrogen (secondary N) is 1. The number of fused-ring (bicyclic) bond motifs is 1. The van der Waals surface area contributed by atoms with Crippen LogP contribution in [-0.2, 0) is 6.42 Å². The lowest BCUT2D eigenvalue weighted by Gasteiger charge is -2.24. The Morgan fingerprint density at radius 1 is 1.40 bits per heavy atom. The molecule has 4 heteroatoms. The molecule has 0 aliphatic carbocycles. The summed E-state index contributed by atoms with van der Waals surface area (Å²) in [7, 11) is 0. The molecule has 0 radical (unpaired) electrons. The fraction of sp³-hybridized carbons (Fsp3) is 0.562. The summed E-state index contributed by atoms with van der Waals surface area (Å²) < 4.78 is 0. The Morgan fingerprint density at radius 3 is 3.00 bits per heavy atom. The molecule has 1 atom stereocenters. The molecule has 0 spiro atoms. The van der Waals surface area contributed by atoms with Crippen LogP contribution in [0.2, 0.25) is 0 Å². The molecule has 1 heterocycles. The highest BCUT2D eigenvalue weighted by Crippen LogP contribution is 2.18. The lowest BCUT2D eigenvalue weighted by molar-refractivity contribution is 0.0629. The summed E-state index contributed by atoms with van der Waals surface area (Å²) >= 11 is 0. The standard InChI is InChI=1S/C16H24N2O2/c1-2-9-17-11-14(19)12-18-10-5-7-13-6-3-4-8-15(13)16(18)20/h3-4,6,8,14,17,19H,2,5,7,9-12H2,1H3. The number of carbonyl (C=O) groups excluding carboxylic acids is 1. The third kappa shape index (κ3) is 3.81. The number of amides is 1. The minimum absolute atomic E-state index is 0.0487. The molecule has 1 unspecified atom stereocenters. The highest BCUT2D eigenvalue weighted by atomic mass is 16.3. The molecule has 0 saturated heterocycles. The van der Waals surface area contributed by atoms with Gasteiger partial charge in [-0.2, -0.15) is 0 Å². The van der Waals surface area contributed by atoms with E-state index in [9.17, 15) is 9.90 Å². The zero-order chi connectivity index (χ0) is 14.4. The van der Waals surface area contributed by atoms with Crippen LogP contribution in [0.4, 0.5) is 0 Å². The molecule has 1 aliphatic rings. The first-order valence-corrected chi connectivity index (χ1v) is 7.48. The summed E-state index contributed by atoms with van der Waals surface area (Å²) in [4.78, 5) is 14.3. The quantitative estimate of drug-likeness (QED) is 0.773. The minimum atomic E-state index is -0.504. The van der Waals surface area contributed by atoms with Gasteiger partial charge in [-0.25, -0.2) is 0 Å². The van der Waals surface area contributed by atoms with E-state index in [0.29, 0.717) is 13.1 Å². The molecular formula is C16H24N2O2. The van der Waals surface area contributed by atoms with Crippen LogP contribution in [0, 0.1) is 0 Å². The van der Waals surface area contributed by atoms with Gasteiger partial charge in [0.2, 0.25) is 0 Å². The average Bonchev–Trinajstić information content (AvgIpc) is 2.60. The number of hydrogen-bond acceptors (Lipinski definition) is 3. The second kappa shape index (κ2) is 7.41. The predicted octanol–water partition coefficient (Wildman–Crippen LogP) is 1.44. The summed E-state index contributed by atoms with van der Waals surface area (Å²) in [5.74, 6) is 0.0487. The summed E-state index contributed by atoms with van der Waals surface area (Å²) in [5.41, 5.74) is 1.91. The van der Waals surface area contributed by atoms with Crippen molar-refractivity contribution in [3.63, 3.8) is 0 Å². The third-order valence-corrected chi connectivity index (χ3v) is 3.65. The molecule has 1 amide bonds. The molecule has 0 aromatic heterocycles. The SMILES string of the molecule is CCCNCC(O)CN1CCCc2ccccc2C1=O. The van der Waals surface area contributed by atoms with E-state index in [1.54, 1.807) is 4.90 Å². The lowest BCUT2D eigenvalue weighted by atomic mass is 10.0. The molecule has 4 nitrogen and oxygen atoms in total. The molecule has 110 valence electrons. The van der Waals surface area contributed by atoms with Gasteiger partial charge in [-0.1, -0.05) is 25.1 Å². The Labute approximate surface area is 120 Å². The van der Waals surface area contributed by atoms with Crippen LogP contribution in [0.25, 0.3) is 0 Å². The van der Waals surface area contributed by atoms with Crippen molar-refractivity contribution in [1.82, 2.24) is 10.2 Å². The van der Waals surface area contributed by atoms with E-state index in [0.717, 1.165) is 43.5 Å². The first-order chi connectivity index (χ1) is 9.72. The van der Waals surface area contributed by atoms with Crippen LogP contribution in [0.1, 0.15) is 35.7 Å². The highest BCUT2D eigenvalue weighted by Gasteiger charge is 2.23. The Bertz CT molecular complexity index is 448. The average molecular weight is 276 g/mol. The van der Waals surface area contributed by atoms with Crippen molar-refractivity contribution < 1.29 is 9.90 Å². The van der Waals surface area contributed by atoms with Gasteiger partial charge in [0, 0.05) is 25.2 Å². The summed E-state index contributed by atoms with van der Waals surface area (Å²) in [6.45, 7) is 4.66. The zero-order valence-electron chi connectivity index (χ0n) is 12.1. The largest absolute Gasteiger partial charge is 0.390 e. The minimum Gasteiger partial charge on any atom is -0.390 e. The van der Waals surface area contributed by atoms with Gasteiger partial charge in [0.25, 0.3) is 5.91 Å². The molecule has 0 saturated carbocycles. The number of aryl methyl sites for hydroxylation is 1. The predicted molar refractivity (Wildman–Crippen MR) is 79.8 cm³/mol. The maximum Gasteiger partial charge on any atom is 0.254 e. The third-order valence-electron chi connectivity index (χ3n) is 3.65. The number of benzene rings is 1. The van der Waals surface area contributed by atoms with Gasteiger partial charge in [0.05, 0.1) is 6.10 Å². The van der Waals surface area contributed by atoms with Gasteiger partial charge in [0.15, 0.2) is 0 Å². The second-order valence-corrected chi connectivity index (χ2v) is 5.37. The van der Waals surface area contributed by atoms with E-state index in [-0.39, 0.29) is 5.91 Å². The Kier molecular flexibility index (Phi) is 5.56. The number of β-amino-alcohol motifs (C(OH)–C–C–N with tert-alkyl or cyclic N) is 1. The maximum atomic E-state index is 12.5. The number of nitrogens with zero attached hydrogens (tertiary/aromatic N) is 1. The highest BCUT2D eigenvalue weighted by molar-refractivity contribution is 5.96. The molecular weight excluding hydrogens is 252 g/mol. The van der Waals surface area contributed by atoms with E-state index >= 15 is 0 Å². The smallest absolute Gasteiger partial charge is 0.254 e. The van der Waals surface area contributed by atoms with Crippen LogP contribution < -0.4 is 5.32 Å². The van der Waals surface area contributed by atoms with Crippen LogP contribution in [-0.4, -0.2) is 48.2 Å². The molecule has 2 N–H and O–H groups in total. The lowest BCUT2D eigenvalue weighted by Crippen LogP contribution is -2.41. The van der Waals surface area contributed by atoms with E-state index in [1.165, 1.54) is 0 Å². The van der Waals surface area contributed by atoms with E-state index in [1.807, 2.05) is 24.3 Å². The number of rotatable bonds is 6. The van der Waals surface area contributed by atoms with E-state index in [2.05, 4.69) is 12.2 Å². The first-order valence-electron chi connectivity index (χ1n) is 7.48. The van der Waals surface area contributed by atoms with Gasteiger partial charge >= 0.3 is 0 Å². The number of aliphatic hydroxyl groups excluding tert-OH is 1. The van der Waals surface area contributed by atoms with Crippen molar-refractivity contribution in [2.75, 3.05) is 26.2 Å². The second-order valence-electron chi connectivity index (χ2n) is 5.37. The van der Waals surface area contributed by atoms with Gasteiger partial charge in [-0.3, -0.25) is 4.79 Å². The van der Waals surface area contributed by atoms with Gasteiger partial charge in [-0.15, -0.1) is 0 Å². The molecule has 0 bridgehead atoms. The monoisotopic (exact) mass is 276 g/mol. The van der Waals surface area contributed by atoms with Crippen molar-refractivity contribution in [3.8, 4) is 0 Å². The summed E-state index contributed by atoms with van der Waals surface area (Å²) in [5, 5.41) is 13.2. The number of aliphatic hydroxyl groups is 1. The fourth-order valence-electron chi connectivity index (χ4n) is 2.62. The Balaban J connectivity index is 1.97. The molecule has 1 aromatic rings. The van der Waals surface area contributed by atoms with Gasteiger partial charge < -0.3 is 15.3 Å². The maximum absolute atomic E-state index is 12.5.